The van der Waals surface area contributed by atoms with Crippen molar-refractivity contribution in [3.63, 3.8) is 0 Å². The number of fused-ring (bicyclic) bond motifs is 11. The molecule has 0 bridgehead atoms. The molecular weight excluding hydrogens is 519 g/mol. The standard InChI is InChI=1S/C40H21BN2/c1-2-11-24-23(10-1)26-13-5-9-22-21-31-40-37(35(22)26)36-27(24)14-7-19-33(36)42(40)34-20-8-15-28-30-17-6-16-29-25-12-3-4-18-32(25)43(39(29)30)41(31)38(28)34/h1-21H. The minimum atomic E-state index is 0.0856. The Labute approximate surface area is 247 Å². The molecule has 9 aromatic rings. The summed E-state index contributed by atoms with van der Waals surface area (Å²) in [4.78, 5) is 0. The summed E-state index contributed by atoms with van der Waals surface area (Å²) in [7, 11) is 0. The first-order chi connectivity index (χ1) is 21.4. The van der Waals surface area contributed by atoms with Crippen LogP contribution < -0.4 is 10.9 Å². The Hall–Kier alpha value is -5.54. The van der Waals surface area contributed by atoms with Crippen LogP contribution in [0.1, 0.15) is 0 Å². The molecule has 0 fully saturated rings. The van der Waals surface area contributed by atoms with E-state index in [9.17, 15) is 0 Å². The summed E-state index contributed by atoms with van der Waals surface area (Å²) in [5, 5.41) is 8.13. The van der Waals surface area contributed by atoms with Gasteiger partial charge in [0.2, 0.25) is 0 Å². The summed E-state index contributed by atoms with van der Waals surface area (Å²) in [5.74, 6) is 0. The van der Waals surface area contributed by atoms with Gasteiger partial charge in [-0.25, -0.2) is 0 Å². The summed E-state index contributed by atoms with van der Waals surface area (Å²) in [5.41, 5.74) is 17.4. The van der Waals surface area contributed by atoms with Crippen molar-refractivity contribution in [3.8, 4) is 39.1 Å². The predicted molar refractivity (Wildman–Crippen MR) is 182 cm³/mol. The Kier molecular flexibility index (Phi) is 3.41. The van der Waals surface area contributed by atoms with Crippen LogP contribution in [-0.2, 0) is 0 Å². The van der Waals surface area contributed by atoms with Crippen molar-refractivity contribution < 1.29 is 0 Å². The molecule has 0 unspecified atom stereocenters. The van der Waals surface area contributed by atoms with Crippen LogP contribution in [0.25, 0.3) is 93.5 Å². The van der Waals surface area contributed by atoms with E-state index in [1.165, 1.54) is 104 Å². The zero-order valence-electron chi connectivity index (χ0n) is 23.1. The molecule has 3 aliphatic rings. The third kappa shape index (κ3) is 2.20. The Balaban J connectivity index is 1.40. The molecule has 0 saturated carbocycles. The Bertz CT molecular complexity index is 2790. The van der Waals surface area contributed by atoms with Gasteiger partial charge < -0.3 is 9.05 Å². The van der Waals surface area contributed by atoms with Gasteiger partial charge in [0.1, 0.15) is 0 Å². The molecule has 2 nitrogen and oxygen atoms in total. The van der Waals surface area contributed by atoms with E-state index in [2.05, 4.69) is 136 Å². The molecular formula is C40H21BN2. The quantitative estimate of drug-likeness (QED) is 0.171. The first-order valence-corrected chi connectivity index (χ1v) is 15.2. The van der Waals surface area contributed by atoms with Crippen molar-refractivity contribution in [1.82, 2.24) is 9.05 Å². The van der Waals surface area contributed by atoms with E-state index >= 15 is 0 Å². The van der Waals surface area contributed by atoms with Gasteiger partial charge in [-0.2, -0.15) is 0 Å². The van der Waals surface area contributed by atoms with E-state index in [1.54, 1.807) is 0 Å². The summed E-state index contributed by atoms with van der Waals surface area (Å²) in [6.45, 7) is 0.0856. The third-order valence-electron chi connectivity index (χ3n) is 10.6. The van der Waals surface area contributed by atoms with Gasteiger partial charge in [-0.15, -0.1) is 0 Å². The molecule has 43 heavy (non-hydrogen) atoms. The fraction of sp³-hybridized carbons (Fsp3) is 0. The molecule has 2 aliphatic heterocycles. The van der Waals surface area contributed by atoms with Crippen molar-refractivity contribution in [3.05, 3.63) is 127 Å². The highest BCUT2D eigenvalue weighted by Crippen LogP contribution is 2.50. The second-order valence-electron chi connectivity index (χ2n) is 12.4. The number of aromatic nitrogens is 2. The molecule has 2 aromatic heterocycles. The second kappa shape index (κ2) is 6.91. The normalized spacial score (nSPS) is 13.5. The van der Waals surface area contributed by atoms with E-state index in [0.29, 0.717) is 0 Å². The van der Waals surface area contributed by atoms with Crippen LogP contribution in [0.5, 0.6) is 0 Å². The lowest BCUT2D eigenvalue weighted by molar-refractivity contribution is 1.18. The highest BCUT2D eigenvalue weighted by Gasteiger charge is 2.42. The van der Waals surface area contributed by atoms with Gasteiger partial charge in [0.25, 0.3) is 0 Å². The highest BCUT2D eigenvalue weighted by molar-refractivity contribution is 6.90. The predicted octanol–water partition coefficient (Wildman–Crippen LogP) is 8.64. The second-order valence-corrected chi connectivity index (χ2v) is 12.4. The number of nitrogens with zero attached hydrogens (tertiary/aromatic N) is 2. The molecule has 0 spiro atoms. The van der Waals surface area contributed by atoms with Crippen molar-refractivity contribution in [2.75, 3.05) is 0 Å². The lowest BCUT2D eigenvalue weighted by Gasteiger charge is -2.34. The summed E-state index contributed by atoms with van der Waals surface area (Å²) in [6, 6.07) is 48.1. The van der Waals surface area contributed by atoms with Gasteiger partial charge in [-0.05, 0) is 67.7 Å². The fourth-order valence-corrected chi connectivity index (χ4v) is 9.15. The molecule has 194 valence electrons. The Morgan fingerprint density at radius 3 is 2.00 bits per heavy atom. The van der Waals surface area contributed by atoms with E-state index in [-0.39, 0.29) is 6.85 Å². The fourth-order valence-electron chi connectivity index (χ4n) is 9.15. The number of rotatable bonds is 0. The topological polar surface area (TPSA) is 9.86 Å². The van der Waals surface area contributed by atoms with Crippen molar-refractivity contribution in [1.29, 1.82) is 0 Å². The number of benzene rings is 7. The van der Waals surface area contributed by atoms with Crippen LogP contribution in [0.2, 0.25) is 0 Å². The van der Waals surface area contributed by atoms with E-state index < -0.39 is 0 Å². The molecule has 1 aliphatic carbocycles. The van der Waals surface area contributed by atoms with Gasteiger partial charge in [-0.1, -0.05) is 109 Å². The van der Waals surface area contributed by atoms with Crippen LogP contribution in [0, 0.1) is 0 Å². The first kappa shape index (κ1) is 21.2. The van der Waals surface area contributed by atoms with Crippen LogP contribution in [-0.4, -0.2) is 15.9 Å². The van der Waals surface area contributed by atoms with E-state index in [4.69, 9.17) is 0 Å². The largest absolute Gasteiger partial charge is 0.375 e. The number of hydrogen-bond donors (Lipinski definition) is 0. The maximum absolute atomic E-state index is 2.66. The van der Waals surface area contributed by atoms with Crippen LogP contribution in [0.4, 0.5) is 0 Å². The van der Waals surface area contributed by atoms with Gasteiger partial charge in [0, 0.05) is 43.8 Å². The smallest absolute Gasteiger partial charge is 0.333 e. The van der Waals surface area contributed by atoms with Gasteiger partial charge in [0.05, 0.1) is 11.0 Å². The Morgan fingerprint density at radius 2 is 1.09 bits per heavy atom. The molecule has 0 radical (unpaired) electrons. The average Bonchev–Trinajstić information content (AvgIpc) is 3.55. The summed E-state index contributed by atoms with van der Waals surface area (Å²) in [6.07, 6.45) is 0. The minimum absolute atomic E-state index is 0.0856. The summed E-state index contributed by atoms with van der Waals surface area (Å²) < 4.78 is 5.26. The van der Waals surface area contributed by atoms with Crippen LogP contribution in [0.3, 0.4) is 0 Å². The van der Waals surface area contributed by atoms with Crippen LogP contribution >= 0.6 is 0 Å². The van der Waals surface area contributed by atoms with E-state index in [1.807, 2.05) is 0 Å². The third-order valence-corrected chi connectivity index (χ3v) is 10.6. The van der Waals surface area contributed by atoms with Gasteiger partial charge in [0.15, 0.2) is 0 Å². The SMILES string of the molecule is c1ccc2c(c1)-c1cccc3cc4c5c(c13)c1c-2cccc1n5-c1cccc2c1B4n1c3ccccc3c3cccc-2c31. The average molecular weight is 540 g/mol. The molecule has 12 rings (SSSR count). The van der Waals surface area contributed by atoms with Crippen LogP contribution in [0.15, 0.2) is 127 Å². The maximum Gasteiger partial charge on any atom is 0.333 e. The molecule has 0 saturated heterocycles. The first-order valence-electron chi connectivity index (χ1n) is 15.2. The van der Waals surface area contributed by atoms with Gasteiger partial charge >= 0.3 is 6.85 Å². The molecule has 0 N–H and O–H groups in total. The summed E-state index contributed by atoms with van der Waals surface area (Å²) >= 11 is 0. The zero-order chi connectivity index (χ0) is 27.6. The number of hydrogen-bond acceptors (Lipinski definition) is 0. The molecule has 4 heterocycles. The zero-order valence-corrected chi connectivity index (χ0v) is 23.1. The minimum Gasteiger partial charge on any atom is -0.375 e. The number of para-hydroxylation sites is 2. The van der Waals surface area contributed by atoms with E-state index in [0.717, 1.165) is 0 Å². The van der Waals surface area contributed by atoms with Crippen molar-refractivity contribution in [2.24, 2.45) is 0 Å². The van der Waals surface area contributed by atoms with Crippen molar-refractivity contribution >= 4 is 72.2 Å². The molecule has 0 atom stereocenters. The van der Waals surface area contributed by atoms with Crippen molar-refractivity contribution in [2.45, 2.75) is 0 Å². The molecule has 0 amide bonds. The Morgan fingerprint density at radius 1 is 0.442 bits per heavy atom. The lowest BCUT2D eigenvalue weighted by atomic mass is 9.45. The van der Waals surface area contributed by atoms with Gasteiger partial charge in [-0.3, -0.25) is 0 Å². The maximum atomic E-state index is 2.66. The monoisotopic (exact) mass is 540 g/mol. The molecule has 3 heteroatoms. The molecule has 7 aromatic carbocycles. The lowest BCUT2D eigenvalue weighted by Crippen LogP contribution is -2.55. The highest BCUT2D eigenvalue weighted by atomic mass is 15.0.